The highest BCUT2D eigenvalue weighted by Gasteiger charge is 2.11. The Morgan fingerprint density at radius 3 is 2.50 bits per heavy atom. The second-order valence-corrected chi connectivity index (χ2v) is 5.72. The van der Waals surface area contributed by atoms with Gasteiger partial charge in [0.25, 0.3) is 5.69 Å². The summed E-state index contributed by atoms with van der Waals surface area (Å²) in [6.45, 7) is 2.16. The predicted octanol–water partition coefficient (Wildman–Crippen LogP) is 1.74. The van der Waals surface area contributed by atoms with Crippen LogP contribution in [0, 0.1) is 17.0 Å². The molecule has 3 rings (SSSR count). The van der Waals surface area contributed by atoms with Crippen LogP contribution in [0.4, 0.5) is 5.69 Å². The maximum absolute atomic E-state index is 12.1. The number of non-ortho nitro benzene ring substituents is 1. The monoisotopic (exact) mass is 352 g/mol. The minimum absolute atomic E-state index is 0.00793. The molecule has 132 valence electrons. The molecular weight excluding hydrogens is 336 g/mol. The largest absolute Gasteiger partial charge is 0.348 e. The Labute approximate surface area is 148 Å². The van der Waals surface area contributed by atoms with E-state index in [1.54, 1.807) is 16.8 Å². The standard InChI is InChI=1S/C17H16N6O3/c1-12-2-6-14(7-3-12)22-16(19-20-21-22)11-18-17(24)10-13-4-8-15(9-5-13)23(25)26/h2-9H,10-11H2,1H3,(H,18,24). The molecule has 1 N–H and O–H groups in total. The number of aromatic nitrogens is 4. The molecule has 0 fully saturated rings. The number of nitrogens with zero attached hydrogens (tertiary/aromatic N) is 5. The van der Waals surface area contributed by atoms with Crippen molar-refractivity contribution in [1.29, 1.82) is 0 Å². The molecule has 1 heterocycles. The topological polar surface area (TPSA) is 116 Å². The molecule has 0 atom stereocenters. The number of carbonyl (C=O) groups is 1. The van der Waals surface area contributed by atoms with Crippen LogP contribution in [0.2, 0.25) is 0 Å². The summed E-state index contributed by atoms with van der Waals surface area (Å²) in [7, 11) is 0. The first-order chi connectivity index (χ1) is 12.5. The number of nitro benzene ring substituents is 1. The summed E-state index contributed by atoms with van der Waals surface area (Å²) >= 11 is 0. The number of tetrazole rings is 1. The van der Waals surface area contributed by atoms with E-state index in [1.165, 1.54) is 12.1 Å². The zero-order valence-electron chi connectivity index (χ0n) is 14.0. The van der Waals surface area contributed by atoms with Gasteiger partial charge in [0, 0.05) is 12.1 Å². The van der Waals surface area contributed by atoms with E-state index in [4.69, 9.17) is 0 Å². The highest BCUT2D eigenvalue weighted by atomic mass is 16.6. The summed E-state index contributed by atoms with van der Waals surface area (Å²) in [5, 5.41) is 24.9. The SMILES string of the molecule is Cc1ccc(-n2nnnc2CNC(=O)Cc2ccc([N+](=O)[O-])cc2)cc1. The van der Waals surface area contributed by atoms with E-state index < -0.39 is 4.92 Å². The van der Waals surface area contributed by atoms with Crippen molar-refractivity contribution in [3.63, 3.8) is 0 Å². The van der Waals surface area contributed by atoms with Crippen molar-refractivity contribution in [3.8, 4) is 5.69 Å². The summed E-state index contributed by atoms with van der Waals surface area (Å²) in [6.07, 6.45) is 0.115. The molecule has 1 amide bonds. The van der Waals surface area contributed by atoms with Crippen molar-refractivity contribution in [2.75, 3.05) is 0 Å². The summed E-state index contributed by atoms with van der Waals surface area (Å²) in [6, 6.07) is 13.6. The van der Waals surface area contributed by atoms with Crippen molar-refractivity contribution < 1.29 is 9.72 Å². The molecular formula is C17H16N6O3. The third-order valence-electron chi connectivity index (χ3n) is 3.77. The highest BCUT2D eigenvalue weighted by molar-refractivity contribution is 5.78. The molecule has 26 heavy (non-hydrogen) atoms. The van der Waals surface area contributed by atoms with Gasteiger partial charge in [-0.2, -0.15) is 4.68 Å². The molecule has 0 radical (unpaired) electrons. The fourth-order valence-corrected chi connectivity index (χ4v) is 2.36. The van der Waals surface area contributed by atoms with Gasteiger partial charge in [-0.25, -0.2) is 0 Å². The van der Waals surface area contributed by atoms with Crippen molar-refractivity contribution in [3.05, 3.63) is 75.6 Å². The Hall–Kier alpha value is -3.62. The Morgan fingerprint density at radius 1 is 1.15 bits per heavy atom. The van der Waals surface area contributed by atoms with E-state index in [0.717, 1.165) is 11.3 Å². The lowest BCUT2D eigenvalue weighted by atomic mass is 10.1. The van der Waals surface area contributed by atoms with Crippen LogP contribution < -0.4 is 5.32 Å². The van der Waals surface area contributed by atoms with Gasteiger partial charge in [-0.3, -0.25) is 14.9 Å². The number of amides is 1. The molecule has 0 aliphatic carbocycles. The van der Waals surface area contributed by atoms with Crippen LogP contribution in [-0.4, -0.2) is 31.0 Å². The fraction of sp³-hybridized carbons (Fsp3) is 0.176. The van der Waals surface area contributed by atoms with Crippen LogP contribution in [0.3, 0.4) is 0 Å². The number of hydrogen-bond acceptors (Lipinski definition) is 6. The molecule has 0 bridgehead atoms. The van der Waals surface area contributed by atoms with Crippen LogP contribution in [0.5, 0.6) is 0 Å². The predicted molar refractivity (Wildman–Crippen MR) is 92.5 cm³/mol. The van der Waals surface area contributed by atoms with Gasteiger partial charge in [-0.05, 0) is 35.0 Å². The summed E-state index contributed by atoms with van der Waals surface area (Å²) in [5.41, 5.74) is 2.61. The van der Waals surface area contributed by atoms with E-state index in [1.807, 2.05) is 31.2 Å². The number of rotatable bonds is 6. The molecule has 9 nitrogen and oxygen atoms in total. The first-order valence-electron chi connectivity index (χ1n) is 7.87. The molecule has 9 heteroatoms. The van der Waals surface area contributed by atoms with Gasteiger partial charge in [-0.1, -0.05) is 29.8 Å². The van der Waals surface area contributed by atoms with Gasteiger partial charge in [0.1, 0.15) is 0 Å². The van der Waals surface area contributed by atoms with E-state index in [2.05, 4.69) is 20.8 Å². The Morgan fingerprint density at radius 2 is 1.85 bits per heavy atom. The quantitative estimate of drug-likeness (QED) is 0.533. The Kier molecular flexibility index (Phi) is 4.97. The zero-order chi connectivity index (χ0) is 18.5. The molecule has 0 spiro atoms. The number of nitrogens with one attached hydrogen (secondary N) is 1. The second kappa shape index (κ2) is 7.51. The number of hydrogen-bond donors (Lipinski definition) is 1. The van der Waals surface area contributed by atoms with Crippen LogP contribution >= 0.6 is 0 Å². The maximum Gasteiger partial charge on any atom is 0.269 e. The summed E-state index contributed by atoms with van der Waals surface area (Å²) in [4.78, 5) is 22.3. The van der Waals surface area contributed by atoms with Gasteiger partial charge < -0.3 is 5.32 Å². The minimum atomic E-state index is -0.477. The molecule has 3 aromatic rings. The van der Waals surface area contributed by atoms with Crippen LogP contribution in [-0.2, 0) is 17.8 Å². The van der Waals surface area contributed by atoms with Crippen LogP contribution in [0.15, 0.2) is 48.5 Å². The van der Waals surface area contributed by atoms with Gasteiger partial charge >= 0.3 is 0 Å². The number of carbonyl (C=O) groups excluding carboxylic acids is 1. The number of benzene rings is 2. The van der Waals surface area contributed by atoms with Crippen molar-refractivity contribution in [2.24, 2.45) is 0 Å². The van der Waals surface area contributed by atoms with Crippen LogP contribution in [0.1, 0.15) is 17.0 Å². The molecule has 0 saturated heterocycles. The lowest BCUT2D eigenvalue weighted by molar-refractivity contribution is -0.384. The zero-order valence-corrected chi connectivity index (χ0v) is 14.0. The molecule has 0 aliphatic heterocycles. The first-order valence-corrected chi connectivity index (χ1v) is 7.87. The van der Waals surface area contributed by atoms with E-state index in [-0.39, 0.29) is 24.6 Å². The van der Waals surface area contributed by atoms with Crippen LogP contribution in [0.25, 0.3) is 5.69 Å². The normalized spacial score (nSPS) is 10.5. The third kappa shape index (κ3) is 4.07. The average Bonchev–Trinajstić information content (AvgIpc) is 3.09. The number of aryl methyl sites for hydroxylation is 1. The molecule has 0 aliphatic rings. The highest BCUT2D eigenvalue weighted by Crippen LogP contribution is 2.12. The van der Waals surface area contributed by atoms with Crippen molar-refractivity contribution in [2.45, 2.75) is 19.9 Å². The van der Waals surface area contributed by atoms with E-state index in [0.29, 0.717) is 11.4 Å². The fourth-order valence-electron chi connectivity index (χ4n) is 2.36. The van der Waals surface area contributed by atoms with Gasteiger partial charge in [0.05, 0.1) is 23.6 Å². The van der Waals surface area contributed by atoms with Gasteiger partial charge in [-0.15, -0.1) is 5.10 Å². The van der Waals surface area contributed by atoms with Gasteiger partial charge in [0.15, 0.2) is 5.82 Å². The van der Waals surface area contributed by atoms with Gasteiger partial charge in [0.2, 0.25) is 5.91 Å². The Bertz CT molecular complexity index is 918. The summed E-state index contributed by atoms with van der Waals surface area (Å²) < 4.78 is 1.56. The average molecular weight is 352 g/mol. The molecule has 0 saturated carbocycles. The molecule has 2 aromatic carbocycles. The Balaban J connectivity index is 1.61. The number of nitro groups is 1. The molecule has 1 aromatic heterocycles. The van der Waals surface area contributed by atoms with E-state index in [9.17, 15) is 14.9 Å². The van der Waals surface area contributed by atoms with Crippen molar-refractivity contribution >= 4 is 11.6 Å². The van der Waals surface area contributed by atoms with E-state index >= 15 is 0 Å². The lowest BCUT2D eigenvalue weighted by Crippen LogP contribution is -2.26. The lowest BCUT2D eigenvalue weighted by Gasteiger charge is -2.07. The third-order valence-corrected chi connectivity index (χ3v) is 3.77. The summed E-state index contributed by atoms with van der Waals surface area (Å²) in [5.74, 6) is 0.281. The minimum Gasteiger partial charge on any atom is -0.348 e. The second-order valence-electron chi connectivity index (χ2n) is 5.72. The van der Waals surface area contributed by atoms with Crippen molar-refractivity contribution in [1.82, 2.24) is 25.5 Å². The molecule has 0 unspecified atom stereocenters. The maximum atomic E-state index is 12.1. The smallest absolute Gasteiger partial charge is 0.269 e. The first kappa shape index (κ1) is 17.2.